The number of carbonyl (C=O) groups is 1. The van der Waals surface area contributed by atoms with Crippen molar-refractivity contribution in [3.05, 3.63) is 58.6 Å². The monoisotopic (exact) mass is 420 g/mol. The Labute approximate surface area is 155 Å². The van der Waals surface area contributed by atoms with Crippen LogP contribution in [0.4, 0.5) is 16.2 Å². The number of hydrogen-bond acceptors (Lipinski definition) is 3. The third-order valence-electron chi connectivity index (χ3n) is 4.85. The number of rotatable bonds is 2. The number of amides is 2. The number of urea groups is 1. The van der Waals surface area contributed by atoms with Crippen molar-refractivity contribution in [3.63, 3.8) is 0 Å². The third-order valence-corrected chi connectivity index (χ3v) is 7.08. The molecule has 5 nitrogen and oxygen atoms in total. The minimum Gasteiger partial charge on any atom is -0.288 e. The van der Waals surface area contributed by atoms with Gasteiger partial charge >= 0.3 is 6.03 Å². The smallest absolute Gasteiger partial charge is 0.288 e. The second-order valence-corrected chi connectivity index (χ2v) is 9.57. The SMILES string of the molecule is Cc1ccccc1N1C(=O)N(c2ccc(Br)cc2)[C@@H]2CS(=O)(=O)C[C@@H]21. The van der Waals surface area contributed by atoms with E-state index >= 15 is 0 Å². The first-order valence-corrected chi connectivity index (χ1v) is 10.6. The number of hydrogen-bond donors (Lipinski definition) is 0. The van der Waals surface area contributed by atoms with Gasteiger partial charge in [-0.25, -0.2) is 13.2 Å². The van der Waals surface area contributed by atoms with Crippen molar-refractivity contribution in [1.29, 1.82) is 0 Å². The van der Waals surface area contributed by atoms with Crippen molar-refractivity contribution >= 4 is 43.2 Å². The molecule has 130 valence electrons. The number of nitrogens with zero attached hydrogens (tertiary/aromatic N) is 2. The fourth-order valence-corrected chi connectivity index (χ4v) is 5.91. The molecular formula is C18H17BrN2O3S. The number of para-hydroxylation sites is 1. The molecule has 2 heterocycles. The molecule has 0 saturated carbocycles. The zero-order valence-electron chi connectivity index (χ0n) is 13.6. The number of anilines is 2. The molecule has 7 heteroatoms. The van der Waals surface area contributed by atoms with Gasteiger partial charge in [-0.2, -0.15) is 0 Å². The third kappa shape index (κ3) is 2.75. The van der Waals surface area contributed by atoms with Gasteiger partial charge in [-0.3, -0.25) is 9.80 Å². The van der Waals surface area contributed by atoms with Crippen molar-refractivity contribution < 1.29 is 13.2 Å². The number of sulfone groups is 1. The van der Waals surface area contributed by atoms with Crippen LogP contribution in [0.3, 0.4) is 0 Å². The Hall–Kier alpha value is -1.86. The second kappa shape index (κ2) is 5.85. The average Bonchev–Trinajstić information content (AvgIpc) is 2.99. The summed E-state index contributed by atoms with van der Waals surface area (Å²) in [5.74, 6) is 0.00657. The zero-order chi connectivity index (χ0) is 17.8. The van der Waals surface area contributed by atoms with Crippen LogP contribution >= 0.6 is 15.9 Å². The van der Waals surface area contributed by atoms with Gasteiger partial charge in [0.25, 0.3) is 0 Å². The van der Waals surface area contributed by atoms with Crippen LogP contribution in [0.1, 0.15) is 5.56 Å². The molecule has 2 aliphatic heterocycles. The molecule has 0 N–H and O–H groups in total. The topological polar surface area (TPSA) is 57.7 Å². The van der Waals surface area contributed by atoms with Gasteiger partial charge in [0.15, 0.2) is 9.84 Å². The molecule has 2 aromatic carbocycles. The van der Waals surface area contributed by atoms with Gasteiger partial charge in [0, 0.05) is 15.8 Å². The summed E-state index contributed by atoms with van der Waals surface area (Å²) in [6, 6.07) is 14.1. The molecule has 2 amide bonds. The maximum Gasteiger partial charge on any atom is 0.329 e. The molecule has 2 fully saturated rings. The number of fused-ring (bicyclic) bond motifs is 1. The molecule has 0 aromatic heterocycles. The van der Waals surface area contributed by atoms with Crippen molar-refractivity contribution in [3.8, 4) is 0 Å². The molecule has 2 saturated heterocycles. The number of benzene rings is 2. The maximum atomic E-state index is 13.2. The van der Waals surface area contributed by atoms with Crippen LogP contribution in [-0.2, 0) is 9.84 Å². The summed E-state index contributed by atoms with van der Waals surface area (Å²) in [6.45, 7) is 1.93. The average molecular weight is 421 g/mol. The van der Waals surface area contributed by atoms with Crippen LogP contribution in [0.15, 0.2) is 53.0 Å². The van der Waals surface area contributed by atoms with Crippen molar-refractivity contribution in [1.82, 2.24) is 0 Å². The summed E-state index contributed by atoms with van der Waals surface area (Å²) >= 11 is 3.39. The first kappa shape index (κ1) is 16.6. The molecule has 0 aliphatic carbocycles. The van der Waals surface area contributed by atoms with Gasteiger partial charge in [-0.15, -0.1) is 0 Å². The molecule has 2 aliphatic rings. The highest BCUT2D eigenvalue weighted by Gasteiger charge is 2.54. The Bertz CT molecular complexity index is 943. The molecule has 0 spiro atoms. The highest BCUT2D eigenvalue weighted by Crippen LogP contribution is 2.39. The Morgan fingerprint density at radius 1 is 0.960 bits per heavy atom. The quantitative estimate of drug-likeness (QED) is 0.699. The van der Waals surface area contributed by atoms with E-state index in [0.717, 1.165) is 21.4 Å². The van der Waals surface area contributed by atoms with E-state index in [0.29, 0.717) is 0 Å². The molecule has 2 atom stereocenters. The fraction of sp³-hybridized carbons (Fsp3) is 0.278. The molecular weight excluding hydrogens is 404 g/mol. The minimum absolute atomic E-state index is 0.00184. The summed E-state index contributed by atoms with van der Waals surface area (Å²) in [5, 5.41) is 0. The Kier molecular flexibility index (Phi) is 3.88. The van der Waals surface area contributed by atoms with Crippen LogP contribution in [-0.4, -0.2) is 38.0 Å². The number of halogens is 1. The predicted molar refractivity (Wildman–Crippen MR) is 102 cm³/mol. The summed E-state index contributed by atoms with van der Waals surface area (Å²) in [4.78, 5) is 16.5. The van der Waals surface area contributed by atoms with Gasteiger partial charge in [0.1, 0.15) is 0 Å². The van der Waals surface area contributed by atoms with E-state index in [9.17, 15) is 13.2 Å². The molecule has 0 unspecified atom stereocenters. The fourth-order valence-electron chi connectivity index (χ4n) is 3.72. The van der Waals surface area contributed by atoms with E-state index < -0.39 is 9.84 Å². The predicted octanol–water partition coefficient (Wildman–Crippen LogP) is 3.37. The van der Waals surface area contributed by atoms with Gasteiger partial charge in [-0.1, -0.05) is 34.1 Å². The van der Waals surface area contributed by atoms with E-state index in [1.807, 2.05) is 55.5 Å². The lowest BCUT2D eigenvalue weighted by atomic mass is 10.1. The lowest BCUT2D eigenvalue weighted by molar-refractivity contribution is 0.255. The van der Waals surface area contributed by atoms with Crippen LogP contribution in [0, 0.1) is 6.92 Å². The Balaban J connectivity index is 1.83. The summed E-state index contributed by atoms with van der Waals surface area (Å²) in [5.41, 5.74) is 2.45. The lowest BCUT2D eigenvalue weighted by Gasteiger charge is -2.24. The van der Waals surface area contributed by atoms with Crippen LogP contribution < -0.4 is 9.80 Å². The first-order chi connectivity index (χ1) is 11.9. The van der Waals surface area contributed by atoms with Crippen LogP contribution in [0.25, 0.3) is 0 Å². The largest absolute Gasteiger partial charge is 0.329 e. The summed E-state index contributed by atoms with van der Waals surface area (Å²) in [7, 11) is -3.18. The minimum atomic E-state index is -3.18. The lowest BCUT2D eigenvalue weighted by Crippen LogP contribution is -2.38. The number of aryl methyl sites for hydroxylation is 1. The second-order valence-electron chi connectivity index (χ2n) is 6.50. The van der Waals surface area contributed by atoms with Crippen LogP contribution in [0.2, 0.25) is 0 Å². The maximum absolute atomic E-state index is 13.2. The van der Waals surface area contributed by atoms with E-state index in [1.54, 1.807) is 9.80 Å². The Morgan fingerprint density at radius 3 is 2.20 bits per heavy atom. The van der Waals surface area contributed by atoms with Crippen molar-refractivity contribution in [2.24, 2.45) is 0 Å². The summed E-state index contributed by atoms with van der Waals surface area (Å²) < 4.78 is 25.5. The van der Waals surface area contributed by atoms with Crippen molar-refractivity contribution in [2.75, 3.05) is 21.3 Å². The van der Waals surface area contributed by atoms with E-state index in [4.69, 9.17) is 0 Å². The van der Waals surface area contributed by atoms with Gasteiger partial charge in [-0.05, 0) is 42.8 Å². The molecule has 4 rings (SSSR count). The van der Waals surface area contributed by atoms with E-state index in [-0.39, 0.29) is 29.6 Å². The normalized spacial score (nSPS) is 24.6. The zero-order valence-corrected chi connectivity index (χ0v) is 16.0. The molecule has 25 heavy (non-hydrogen) atoms. The van der Waals surface area contributed by atoms with Gasteiger partial charge < -0.3 is 0 Å². The standard InChI is InChI=1S/C18H17BrN2O3S/c1-12-4-2-3-5-15(12)21-17-11-25(23,24)10-16(17)20(18(21)22)14-8-6-13(19)7-9-14/h2-9,16-17H,10-11H2,1H3/t16-,17+/m1/s1. The van der Waals surface area contributed by atoms with Gasteiger partial charge in [0.2, 0.25) is 0 Å². The van der Waals surface area contributed by atoms with E-state index in [2.05, 4.69) is 15.9 Å². The van der Waals surface area contributed by atoms with E-state index in [1.165, 1.54) is 0 Å². The highest BCUT2D eigenvalue weighted by molar-refractivity contribution is 9.10. The van der Waals surface area contributed by atoms with Crippen LogP contribution in [0.5, 0.6) is 0 Å². The number of carbonyl (C=O) groups excluding carboxylic acids is 1. The van der Waals surface area contributed by atoms with Gasteiger partial charge in [0.05, 0.1) is 23.6 Å². The molecule has 0 bridgehead atoms. The molecule has 0 radical (unpaired) electrons. The first-order valence-electron chi connectivity index (χ1n) is 8.01. The van der Waals surface area contributed by atoms with Crippen molar-refractivity contribution in [2.45, 2.75) is 19.0 Å². The molecule has 2 aromatic rings. The highest BCUT2D eigenvalue weighted by atomic mass is 79.9. The Morgan fingerprint density at radius 2 is 1.56 bits per heavy atom. The summed E-state index contributed by atoms with van der Waals surface area (Å²) in [6.07, 6.45) is 0.